The van der Waals surface area contributed by atoms with Gasteiger partial charge in [-0.3, -0.25) is 4.90 Å². The minimum absolute atomic E-state index is 0. The first-order valence-electron chi connectivity index (χ1n) is 8.89. The molecule has 2 saturated heterocycles. The van der Waals surface area contributed by atoms with Gasteiger partial charge in [0, 0.05) is 37.5 Å². The molecule has 1 aromatic carbocycles. The summed E-state index contributed by atoms with van der Waals surface area (Å²) in [5.41, 5.74) is 2.83. The molecule has 2 atom stereocenters. The lowest BCUT2D eigenvalue weighted by Gasteiger charge is -2.42. The van der Waals surface area contributed by atoms with Gasteiger partial charge in [0.05, 0.1) is 25.3 Å². The Bertz CT molecular complexity index is 461. The summed E-state index contributed by atoms with van der Waals surface area (Å²) in [7, 11) is 0. The van der Waals surface area contributed by atoms with Crippen LogP contribution in [0.25, 0.3) is 0 Å². The first-order valence-corrected chi connectivity index (χ1v) is 8.89. The fourth-order valence-corrected chi connectivity index (χ4v) is 4.06. The zero-order valence-corrected chi connectivity index (χ0v) is 15.5. The molecule has 1 N–H and O–H groups in total. The molecule has 3 rings (SSSR count). The fourth-order valence-electron chi connectivity index (χ4n) is 4.06. The van der Waals surface area contributed by atoms with E-state index in [1.54, 1.807) is 4.90 Å². The molecule has 2 aliphatic rings. The highest BCUT2D eigenvalue weighted by Crippen LogP contribution is 2.18. The third-order valence-electron chi connectivity index (χ3n) is 5.20. The maximum absolute atomic E-state index is 5.87. The summed E-state index contributed by atoms with van der Waals surface area (Å²) < 4.78 is 5.87. The molecule has 3 nitrogen and oxygen atoms in total. The first kappa shape index (κ1) is 18.7. The number of nitrogens with zero attached hydrogens (tertiary/aromatic N) is 1. The van der Waals surface area contributed by atoms with E-state index < -0.39 is 0 Å². The maximum atomic E-state index is 5.87. The van der Waals surface area contributed by atoms with Crippen molar-refractivity contribution >= 4 is 0 Å². The van der Waals surface area contributed by atoms with Gasteiger partial charge in [0.2, 0.25) is 0 Å². The van der Waals surface area contributed by atoms with Crippen LogP contribution in [0.1, 0.15) is 37.8 Å². The number of hydrogen-bond acceptors (Lipinski definition) is 2. The second kappa shape index (κ2) is 8.48. The van der Waals surface area contributed by atoms with Crippen molar-refractivity contribution < 1.29 is 22.0 Å². The number of hydrogen-bond donors (Lipinski definition) is 1. The number of nitrogens with one attached hydrogen (secondary N) is 1. The minimum atomic E-state index is 0. The molecule has 0 aromatic heterocycles. The van der Waals surface area contributed by atoms with Crippen molar-refractivity contribution in [1.29, 1.82) is 0 Å². The molecule has 23 heavy (non-hydrogen) atoms. The van der Waals surface area contributed by atoms with Crippen LogP contribution >= 0.6 is 0 Å². The summed E-state index contributed by atoms with van der Waals surface area (Å²) >= 11 is 0. The van der Waals surface area contributed by atoms with Gasteiger partial charge >= 0.3 is 0 Å². The largest absolute Gasteiger partial charge is 1.00 e. The topological polar surface area (TPSA) is 16.9 Å². The molecule has 0 saturated carbocycles. The van der Waals surface area contributed by atoms with Crippen molar-refractivity contribution in [1.82, 2.24) is 4.90 Å². The number of piperidine rings is 1. The van der Waals surface area contributed by atoms with E-state index in [4.69, 9.17) is 4.74 Å². The van der Waals surface area contributed by atoms with Crippen molar-refractivity contribution in [2.75, 3.05) is 26.2 Å². The number of aryl methyl sites for hydroxylation is 1. The summed E-state index contributed by atoms with van der Waals surface area (Å²) in [6, 6.07) is 9.82. The van der Waals surface area contributed by atoms with E-state index in [2.05, 4.69) is 49.9 Å². The van der Waals surface area contributed by atoms with Gasteiger partial charge in [-0.15, -0.1) is 0 Å². The Kier molecular flexibility index (Phi) is 6.90. The van der Waals surface area contributed by atoms with Crippen molar-refractivity contribution in [2.24, 2.45) is 0 Å². The monoisotopic (exact) mass is 338 g/mol. The van der Waals surface area contributed by atoms with Crippen LogP contribution < -0.4 is 17.3 Å². The highest BCUT2D eigenvalue weighted by atomic mass is 35.5. The zero-order chi connectivity index (χ0) is 15.5. The Morgan fingerprint density at radius 3 is 2.17 bits per heavy atom. The number of likely N-dealkylation sites (tertiary alicyclic amines) is 1. The van der Waals surface area contributed by atoms with E-state index in [1.165, 1.54) is 43.6 Å². The highest BCUT2D eigenvalue weighted by Gasteiger charge is 2.31. The summed E-state index contributed by atoms with van der Waals surface area (Å²) in [6.45, 7) is 12.6. The molecule has 0 bridgehead atoms. The number of ether oxygens (including phenoxy) is 1. The lowest BCUT2D eigenvalue weighted by Crippen LogP contribution is -3.12. The molecule has 2 fully saturated rings. The summed E-state index contributed by atoms with van der Waals surface area (Å²) in [4.78, 5) is 4.43. The van der Waals surface area contributed by atoms with Gasteiger partial charge in [-0.2, -0.15) is 0 Å². The van der Waals surface area contributed by atoms with Gasteiger partial charge in [0.15, 0.2) is 0 Å². The van der Waals surface area contributed by atoms with E-state index in [-0.39, 0.29) is 12.4 Å². The number of benzene rings is 1. The molecule has 1 aromatic rings. The molecule has 0 aliphatic carbocycles. The lowest BCUT2D eigenvalue weighted by molar-refractivity contribution is -0.919. The fraction of sp³-hybridized carbons (Fsp3) is 0.684. The predicted molar refractivity (Wildman–Crippen MR) is 90.2 cm³/mol. The van der Waals surface area contributed by atoms with Crippen LogP contribution in [-0.2, 0) is 11.3 Å². The van der Waals surface area contributed by atoms with Crippen LogP contribution in [0.3, 0.4) is 0 Å². The van der Waals surface area contributed by atoms with Crippen LogP contribution in [0, 0.1) is 6.92 Å². The van der Waals surface area contributed by atoms with Crippen LogP contribution in [0.15, 0.2) is 24.3 Å². The normalized spacial score (nSPS) is 32.3. The Morgan fingerprint density at radius 2 is 1.61 bits per heavy atom. The molecule has 2 heterocycles. The standard InChI is InChI=1S/C19H30N2O.ClH/c1-15-4-6-18(7-5-15)14-20-10-8-19(9-11-20)21-12-16(2)22-17(3)13-21;/h4-7,16-17,19H,8-14H2,1-3H3;1H. The number of morpholine rings is 1. The Balaban J connectivity index is 0.00000192. The van der Waals surface area contributed by atoms with Crippen molar-refractivity contribution in [3.8, 4) is 0 Å². The van der Waals surface area contributed by atoms with Gasteiger partial charge < -0.3 is 22.0 Å². The van der Waals surface area contributed by atoms with Gasteiger partial charge in [0.25, 0.3) is 0 Å². The molecule has 2 unspecified atom stereocenters. The van der Waals surface area contributed by atoms with Gasteiger partial charge in [-0.25, -0.2) is 0 Å². The zero-order valence-electron chi connectivity index (χ0n) is 14.7. The summed E-state index contributed by atoms with van der Waals surface area (Å²) in [5, 5.41) is 0. The number of halogens is 1. The Labute approximate surface area is 147 Å². The van der Waals surface area contributed by atoms with Crippen LogP contribution in [-0.4, -0.2) is 49.3 Å². The molecular formula is C19H31ClN2O. The summed E-state index contributed by atoms with van der Waals surface area (Å²) in [5.74, 6) is 0. The van der Waals surface area contributed by atoms with Gasteiger partial charge in [-0.05, 0) is 20.8 Å². The smallest absolute Gasteiger partial charge is 0.103 e. The predicted octanol–water partition coefficient (Wildman–Crippen LogP) is -1.34. The Morgan fingerprint density at radius 1 is 1.04 bits per heavy atom. The molecule has 130 valence electrons. The van der Waals surface area contributed by atoms with E-state index in [0.29, 0.717) is 12.2 Å². The van der Waals surface area contributed by atoms with E-state index in [9.17, 15) is 0 Å². The van der Waals surface area contributed by atoms with Crippen molar-refractivity contribution in [2.45, 2.75) is 58.4 Å². The quantitative estimate of drug-likeness (QED) is 0.734. The van der Waals surface area contributed by atoms with Crippen LogP contribution in [0.2, 0.25) is 0 Å². The minimum Gasteiger partial charge on any atom is -1.00 e. The van der Waals surface area contributed by atoms with E-state index in [0.717, 1.165) is 19.1 Å². The average molecular weight is 339 g/mol. The van der Waals surface area contributed by atoms with E-state index in [1.807, 2.05) is 0 Å². The van der Waals surface area contributed by atoms with Crippen LogP contribution in [0.5, 0.6) is 0 Å². The lowest BCUT2D eigenvalue weighted by atomic mass is 10.0. The number of quaternary nitrogens is 1. The SMILES string of the molecule is Cc1ccc(C[NH+]2CCC(N3CC(C)OC(C)C3)CC2)cc1.[Cl-]. The van der Waals surface area contributed by atoms with Gasteiger partial charge in [-0.1, -0.05) is 29.8 Å². The molecule has 0 spiro atoms. The van der Waals surface area contributed by atoms with Crippen molar-refractivity contribution in [3.05, 3.63) is 35.4 Å². The molecule has 4 heteroatoms. The average Bonchev–Trinajstić information content (AvgIpc) is 2.49. The highest BCUT2D eigenvalue weighted by molar-refractivity contribution is 5.20. The molecule has 0 radical (unpaired) electrons. The molecular weight excluding hydrogens is 308 g/mol. The third-order valence-corrected chi connectivity index (χ3v) is 5.20. The number of rotatable bonds is 3. The maximum Gasteiger partial charge on any atom is 0.103 e. The van der Waals surface area contributed by atoms with E-state index >= 15 is 0 Å². The second-order valence-corrected chi connectivity index (χ2v) is 7.35. The third kappa shape index (κ3) is 5.18. The molecule has 0 amide bonds. The molecule has 2 aliphatic heterocycles. The second-order valence-electron chi connectivity index (χ2n) is 7.35. The van der Waals surface area contributed by atoms with Crippen molar-refractivity contribution in [3.63, 3.8) is 0 Å². The Hall–Kier alpha value is -0.610. The first-order chi connectivity index (χ1) is 10.6. The van der Waals surface area contributed by atoms with Crippen LogP contribution in [0.4, 0.5) is 0 Å². The summed E-state index contributed by atoms with van der Waals surface area (Å²) in [6.07, 6.45) is 3.45. The van der Waals surface area contributed by atoms with Gasteiger partial charge in [0.1, 0.15) is 6.54 Å².